The molecule has 3 N–H and O–H groups in total. The van der Waals surface area contributed by atoms with E-state index in [4.69, 9.17) is 15.2 Å². The fourth-order valence-electron chi connectivity index (χ4n) is 4.00. The van der Waals surface area contributed by atoms with E-state index in [0.717, 1.165) is 6.07 Å². The van der Waals surface area contributed by atoms with E-state index in [-0.39, 0.29) is 49.4 Å². The lowest BCUT2D eigenvalue weighted by Gasteiger charge is -2.25. The minimum atomic E-state index is -1.33. The second kappa shape index (κ2) is 13.4. The average molecular weight is 586 g/mol. The average Bonchev–Trinajstić information content (AvgIpc) is 3.37. The molecule has 0 radical (unpaired) electrons. The zero-order valence-corrected chi connectivity index (χ0v) is 23.1. The highest BCUT2D eigenvalue weighted by atomic mass is 32.2. The summed E-state index contributed by atoms with van der Waals surface area (Å²) in [6.45, 7) is 4.93. The summed E-state index contributed by atoms with van der Waals surface area (Å²) in [6, 6.07) is 4.20. The van der Waals surface area contributed by atoms with Gasteiger partial charge in [-0.1, -0.05) is 6.07 Å². The van der Waals surface area contributed by atoms with Crippen LogP contribution < -0.4 is 15.8 Å². The Morgan fingerprint density at radius 1 is 1.07 bits per heavy atom. The van der Waals surface area contributed by atoms with Crippen molar-refractivity contribution in [1.82, 2.24) is 10.2 Å². The van der Waals surface area contributed by atoms with Crippen molar-refractivity contribution in [2.45, 2.75) is 57.2 Å². The molecular weight excluding hydrogens is 554 g/mol. The molecule has 0 spiro atoms. The topological polar surface area (TPSA) is 111 Å². The predicted octanol–water partition coefficient (Wildman–Crippen LogP) is 3.44. The number of nitrogens with one attached hydrogen (secondary N) is 1. The van der Waals surface area contributed by atoms with Crippen LogP contribution >= 0.6 is 11.8 Å². The molecule has 1 fully saturated rings. The Hall–Kier alpha value is -3.32. The van der Waals surface area contributed by atoms with Gasteiger partial charge in [0, 0.05) is 49.0 Å². The quantitative estimate of drug-likeness (QED) is 0.236. The van der Waals surface area contributed by atoms with Crippen molar-refractivity contribution >= 4 is 29.5 Å². The van der Waals surface area contributed by atoms with E-state index >= 15 is 0 Å². The molecule has 218 valence electrons. The number of amides is 2. The van der Waals surface area contributed by atoms with E-state index in [2.05, 4.69) is 5.32 Å². The first kappa shape index (κ1) is 31.2. The monoisotopic (exact) mass is 585 g/mol. The summed E-state index contributed by atoms with van der Waals surface area (Å²) in [6.07, 6.45) is -0.455. The summed E-state index contributed by atoms with van der Waals surface area (Å²) in [5, 5.41) is 1.74. The molecule has 0 saturated carbocycles. The molecular formula is C27H31F4N3O5S. The van der Waals surface area contributed by atoms with Crippen LogP contribution in [-0.2, 0) is 32.1 Å². The van der Waals surface area contributed by atoms with E-state index in [1.165, 1.54) is 42.6 Å². The lowest BCUT2D eigenvalue weighted by Crippen LogP contribution is -2.46. The zero-order valence-electron chi connectivity index (χ0n) is 22.3. The van der Waals surface area contributed by atoms with Gasteiger partial charge in [-0.25, -0.2) is 22.4 Å². The van der Waals surface area contributed by atoms with Gasteiger partial charge in [0.15, 0.2) is 22.6 Å². The molecule has 2 amide bonds. The number of thioether (sulfide) groups is 1. The number of rotatable bonds is 11. The SMILES string of the molecule is CCOC(=O)C(C)(C)Oc1ccc(CNC(=O)C2SCCN2C(=O)C[C@H](N)Cc2cc(F)c(F)cc2F)c(F)c1. The molecule has 13 heteroatoms. The highest BCUT2D eigenvalue weighted by Gasteiger charge is 2.35. The highest BCUT2D eigenvalue weighted by Crippen LogP contribution is 2.26. The van der Waals surface area contributed by atoms with Crippen LogP contribution in [0, 0.1) is 23.3 Å². The Morgan fingerprint density at radius 3 is 2.42 bits per heavy atom. The van der Waals surface area contributed by atoms with Crippen molar-refractivity contribution in [1.29, 1.82) is 0 Å². The van der Waals surface area contributed by atoms with Gasteiger partial charge < -0.3 is 25.4 Å². The molecule has 0 aromatic heterocycles. The smallest absolute Gasteiger partial charge is 0.349 e. The summed E-state index contributed by atoms with van der Waals surface area (Å²) in [7, 11) is 0. The number of hydrogen-bond donors (Lipinski definition) is 2. The summed E-state index contributed by atoms with van der Waals surface area (Å²) in [5.74, 6) is -5.17. The van der Waals surface area contributed by atoms with Crippen molar-refractivity contribution in [2.24, 2.45) is 5.73 Å². The van der Waals surface area contributed by atoms with Crippen LogP contribution in [-0.4, -0.2) is 58.6 Å². The fourth-order valence-corrected chi connectivity index (χ4v) is 5.17. The third-order valence-electron chi connectivity index (χ3n) is 6.06. The van der Waals surface area contributed by atoms with Gasteiger partial charge in [0.2, 0.25) is 5.91 Å². The van der Waals surface area contributed by atoms with Crippen molar-refractivity contribution in [3.05, 3.63) is 64.7 Å². The maximum absolute atomic E-state index is 14.7. The molecule has 1 heterocycles. The molecule has 2 aromatic carbocycles. The molecule has 2 atom stereocenters. The van der Waals surface area contributed by atoms with Crippen LogP contribution in [0.25, 0.3) is 0 Å². The lowest BCUT2D eigenvalue weighted by atomic mass is 10.0. The number of carbonyl (C=O) groups is 3. The number of hydrogen-bond acceptors (Lipinski definition) is 7. The minimum Gasteiger partial charge on any atom is -0.476 e. The molecule has 1 aliphatic heterocycles. The molecule has 3 rings (SSSR count). The number of halogens is 4. The van der Waals surface area contributed by atoms with Gasteiger partial charge in [0.05, 0.1) is 6.61 Å². The van der Waals surface area contributed by atoms with Crippen molar-refractivity contribution in [2.75, 3.05) is 18.9 Å². The first-order valence-electron chi connectivity index (χ1n) is 12.5. The third-order valence-corrected chi connectivity index (χ3v) is 7.26. The van der Waals surface area contributed by atoms with E-state index < -0.39 is 58.1 Å². The molecule has 8 nitrogen and oxygen atoms in total. The first-order chi connectivity index (χ1) is 18.8. The molecule has 1 unspecified atom stereocenters. The molecule has 2 aromatic rings. The van der Waals surface area contributed by atoms with Gasteiger partial charge in [-0.2, -0.15) is 0 Å². The molecule has 1 aliphatic rings. The normalized spacial score (nSPS) is 16.0. The first-order valence-corrected chi connectivity index (χ1v) is 13.6. The minimum absolute atomic E-state index is 0.105. The van der Waals surface area contributed by atoms with Crippen LogP contribution in [0.2, 0.25) is 0 Å². The van der Waals surface area contributed by atoms with Gasteiger partial charge >= 0.3 is 5.97 Å². The van der Waals surface area contributed by atoms with Crippen LogP contribution in [0.1, 0.15) is 38.3 Å². The van der Waals surface area contributed by atoms with Crippen molar-refractivity contribution < 1.29 is 41.4 Å². The predicted molar refractivity (Wildman–Crippen MR) is 140 cm³/mol. The van der Waals surface area contributed by atoms with Gasteiger partial charge in [-0.05, 0) is 44.9 Å². The number of nitrogens with two attached hydrogens (primary N) is 1. The molecule has 1 saturated heterocycles. The van der Waals surface area contributed by atoms with Gasteiger partial charge in [0.1, 0.15) is 17.4 Å². The van der Waals surface area contributed by atoms with Crippen LogP contribution in [0.5, 0.6) is 5.75 Å². The summed E-state index contributed by atoms with van der Waals surface area (Å²) in [5.41, 5.74) is 4.64. The van der Waals surface area contributed by atoms with Crippen molar-refractivity contribution in [3.63, 3.8) is 0 Å². The van der Waals surface area contributed by atoms with Crippen molar-refractivity contribution in [3.8, 4) is 5.75 Å². The second-order valence-electron chi connectivity index (χ2n) is 9.64. The van der Waals surface area contributed by atoms with Crippen LogP contribution in [0.3, 0.4) is 0 Å². The lowest BCUT2D eigenvalue weighted by molar-refractivity contribution is -0.158. The Bertz CT molecular complexity index is 1260. The van der Waals surface area contributed by atoms with Gasteiger partial charge in [-0.15, -0.1) is 11.8 Å². The summed E-state index contributed by atoms with van der Waals surface area (Å²) >= 11 is 1.22. The number of carbonyl (C=O) groups excluding carboxylic acids is 3. The Labute approximate surface area is 233 Å². The second-order valence-corrected chi connectivity index (χ2v) is 10.8. The highest BCUT2D eigenvalue weighted by molar-refractivity contribution is 8.00. The number of benzene rings is 2. The number of ether oxygens (including phenoxy) is 2. The fraction of sp³-hybridized carbons (Fsp3) is 0.444. The molecule has 0 aliphatic carbocycles. The van der Waals surface area contributed by atoms with Gasteiger partial charge in [0.25, 0.3) is 5.91 Å². The van der Waals surface area contributed by atoms with E-state index in [1.54, 1.807) is 6.92 Å². The van der Waals surface area contributed by atoms with E-state index in [0.29, 0.717) is 17.9 Å². The standard InChI is InChI=1S/C27H31F4N3O5S/c1-4-38-26(37)27(2,3)39-18-6-5-15(19(28)12-18)14-33-24(36)25-34(7-8-40-25)23(35)11-17(32)9-16-10-21(30)22(31)13-20(16)29/h5-6,10,12-13,17,25H,4,7-9,11,14,32H2,1-3H3,(H,33,36)/t17-,25?/m1/s1. The Balaban J connectivity index is 1.56. The molecule has 0 bridgehead atoms. The van der Waals surface area contributed by atoms with E-state index in [1.807, 2.05) is 0 Å². The maximum Gasteiger partial charge on any atom is 0.349 e. The third kappa shape index (κ3) is 7.87. The zero-order chi connectivity index (χ0) is 29.6. The molecule has 40 heavy (non-hydrogen) atoms. The summed E-state index contributed by atoms with van der Waals surface area (Å²) < 4.78 is 65.8. The van der Waals surface area contributed by atoms with Crippen LogP contribution in [0.4, 0.5) is 17.6 Å². The number of nitrogens with zero attached hydrogens (tertiary/aromatic N) is 1. The number of esters is 1. The summed E-state index contributed by atoms with van der Waals surface area (Å²) in [4.78, 5) is 39.0. The Morgan fingerprint density at radius 2 is 1.75 bits per heavy atom. The van der Waals surface area contributed by atoms with Gasteiger partial charge in [-0.3, -0.25) is 9.59 Å². The van der Waals surface area contributed by atoms with E-state index in [9.17, 15) is 31.9 Å². The maximum atomic E-state index is 14.7. The Kier molecular flexibility index (Phi) is 10.4. The largest absolute Gasteiger partial charge is 0.476 e. The van der Waals surface area contributed by atoms with Crippen LogP contribution in [0.15, 0.2) is 30.3 Å².